The minimum Gasteiger partial charge on any atom is -0.398 e. The van der Waals surface area contributed by atoms with Gasteiger partial charge in [0.15, 0.2) is 0 Å². The van der Waals surface area contributed by atoms with Gasteiger partial charge in [0.05, 0.1) is 6.61 Å². The summed E-state index contributed by atoms with van der Waals surface area (Å²) in [5.74, 6) is -0.270. The monoisotopic (exact) mass is 287 g/mol. The number of amides is 1. The topological polar surface area (TPSA) is 97.4 Å². The lowest BCUT2D eigenvalue weighted by molar-refractivity contribution is -0.121. The first-order chi connectivity index (χ1) is 10.1. The van der Waals surface area contributed by atoms with Crippen LogP contribution < -0.4 is 16.6 Å². The molecule has 110 valence electrons. The maximum Gasteiger partial charge on any atom is 0.251 e. The molecule has 0 spiro atoms. The van der Waals surface area contributed by atoms with Crippen molar-refractivity contribution >= 4 is 11.6 Å². The highest BCUT2D eigenvalue weighted by Gasteiger charge is 2.04. The summed E-state index contributed by atoms with van der Waals surface area (Å²) in [7, 11) is 0. The van der Waals surface area contributed by atoms with E-state index in [9.17, 15) is 9.59 Å². The second-order valence-electron chi connectivity index (χ2n) is 4.68. The molecule has 0 saturated carbocycles. The standard InChI is InChI=1S/C15H17N3O3/c16-13-5-6-15(21)18(8-13)9-14(20)17-7-11-1-3-12(10-19)4-2-11/h1-6,8,19H,7,9-10,16H2,(H,17,20). The van der Waals surface area contributed by atoms with Crippen molar-refractivity contribution in [2.75, 3.05) is 5.73 Å². The number of rotatable bonds is 5. The Labute approximate surface area is 121 Å². The minimum absolute atomic E-state index is 0.00894. The number of nitrogen functional groups attached to an aromatic ring is 1. The third-order valence-electron chi connectivity index (χ3n) is 3.02. The van der Waals surface area contributed by atoms with Crippen molar-refractivity contribution < 1.29 is 9.90 Å². The van der Waals surface area contributed by atoms with Gasteiger partial charge in [-0.05, 0) is 17.2 Å². The number of hydrogen-bond donors (Lipinski definition) is 3. The van der Waals surface area contributed by atoms with Crippen LogP contribution in [0.4, 0.5) is 5.69 Å². The van der Waals surface area contributed by atoms with Gasteiger partial charge >= 0.3 is 0 Å². The van der Waals surface area contributed by atoms with Crippen LogP contribution in [0.5, 0.6) is 0 Å². The number of pyridine rings is 1. The fourth-order valence-corrected chi connectivity index (χ4v) is 1.85. The summed E-state index contributed by atoms with van der Waals surface area (Å²) in [5, 5.41) is 11.7. The zero-order chi connectivity index (χ0) is 15.2. The van der Waals surface area contributed by atoms with Crippen molar-refractivity contribution in [1.82, 2.24) is 9.88 Å². The van der Waals surface area contributed by atoms with Crippen LogP contribution in [0.25, 0.3) is 0 Å². The number of nitrogens with one attached hydrogen (secondary N) is 1. The lowest BCUT2D eigenvalue weighted by atomic mass is 10.1. The van der Waals surface area contributed by atoms with Gasteiger partial charge < -0.3 is 20.7 Å². The van der Waals surface area contributed by atoms with Crippen LogP contribution in [0, 0.1) is 0 Å². The highest BCUT2D eigenvalue weighted by Crippen LogP contribution is 2.04. The predicted molar refractivity (Wildman–Crippen MR) is 79.3 cm³/mol. The molecule has 0 bridgehead atoms. The lowest BCUT2D eigenvalue weighted by Gasteiger charge is -2.08. The summed E-state index contributed by atoms with van der Waals surface area (Å²) in [5.41, 5.74) is 7.48. The number of carbonyl (C=O) groups is 1. The molecule has 0 aliphatic carbocycles. The van der Waals surface area contributed by atoms with E-state index in [-0.39, 0.29) is 24.6 Å². The number of aliphatic hydroxyl groups excluding tert-OH is 1. The maximum atomic E-state index is 11.8. The number of aromatic nitrogens is 1. The number of hydrogen-bond acceptors (Lipinski definition) is 4. The molecule has 2 rings (SSSR count). The second-order valence-corrected chi connectivity index (χ2v) is 4.68. The third-order valence-corrected chi connectivity index (χ3v) is 3.02. The van der Waals surface area contributed by atoms with E-state index in [1.54, 1.807) is 12.1 Å². The maximum absolute atomic E-state index is 11.8. The van der Waals surface area contributed by atoms with Gasteiger partial charge in [0.25, 0.3) is 5.56 Å². The molecule has 0 saturated heterocycles. The smallest absolute Gasteiger partial charge is 0.251 e. The van der Waals surface area contributed by atoms with Crippen LogP contribution in [0.15, 0.2) is 47.4 Å². The Balaban J connectivity index is 1.92. The first kappa shape index (κ1) is 14.8. The number of nitrogens with zero attached hydrogens (tertiary/aromatic N) is 1. The van der Waals surface area contributed by atoms with Gasteiger partial charge in [-0.3, -0.25) is 9.59 Å². The number of aliphatic hydroxyl groups is 1. The highest BCUT2D eigenvalue weighted by molar-refractivity contribution is 5.75. The Morgan fingerprint density at radius 3 is 2.48 bits per heavy atom. The van der Waals surface area contributed by atoms with Gasteiger partial charge in [-0.15, -0.1) is 0 Å². The molecule has 6 heteroatoms. The lowest BCUT2D eigenvalue weighted by Crippen LogP contribution is -2.31. The zero-order valence-corrected chi connectivity index (χ0v) is 11.5. The van der Waals surface area contributed by atoms with Crippen LogP contribution in [0.2, 0.25) is 0 Å². The van der Waals surface area contributed by atoms with Crippen LogP contribution in [-0.4, -0.2) is 15.6 Å². The van der Waals surface area contributed by atoms with Crippen molar-refractivity contribution in [2.45, 2.75) is 19.7 Å². The van der Waals surface area contributed by atoms with E-state index in [0.717, 1.165) is 11.1 Å². The zero-order valence-electron chi connectivity index (χ0n) is 11.5. The average Bonchev–Trinajstić information content (AvgIpc) is 2.49. The first-order valence-corrected chi connectivity index (χ1v) is 6.50. The van der Waals surface area contributed by atoms with E-state index < -0.39 is 0 Å². The van der Waals surface area contributed by atoms with E-state index in [4.69, 9.17) is 10.8 Å². The van der Waals surface area contributed by atoms with Crippen LogP contribution in [0.3, 0.4) is 0 Å². The molecule has 0 unspecified atom stereocenters. The van der Waals surface area contributed by atoms with Crippen LogP contribution in [0.1, 0.15) is 11.1 Å². The molecule has 21 heavy (non-hydrogen) atoms. The van der Waals surface area contributed by atoms with Gasteiger partial charge in [-0.25, -0.2) is 0 Å². The van der Waals surface area contributed by atoms with Crippen molar-refractivity contribution in [3.8, 4) is 0 Å². The Kier molecular flexibility index (Phi) is 4.73. The van der Waals surface area contributed by atoms with E-state index in [2.05, 4.69) is 5.32 Å². The SMILES string of the molecule is Nc1ccc(=O)n(CC(=O)NCc2ccc(CO)cc2)c1. The summed E-state index contributed by atoms with van der Waals surface area (Å²) in [6, 6.07) is 10.1. The number of benzene rings is 1. The van der Waals surface area contributed by atoms with Gasteiger partial charge in [-0.1, -0.05) is 24.3 Å². The molecule has 0 aliphatic rings. The van der Waals surface area contributed by atoms with Gasteiger partial charge in [0, 0.05) is 24.5 Å². The fraction of sp³-hybridized carbons (Fsp3) is 0.200. The summed E-state index contributed by atoms with van der Waals surface area (Å²) in [4.78, 5) is 23.4. The molecule has 0 fully saturated rings. The molecule has 0 radical (unpaired) electrons. The average molecular weight is 287 g/mol. The van der Waals surface area contributed by atoms with Crippen LogP contribution in [-0.2, 0) is 24.5 Å². The van der Waals surface area contributed by atoms with Crippen molar-refractivity contribution in [2.24, 2.45) is 0 Å². The molecule has 4 N–H and O–H groups in total. The predicted octanol–water partition coefficient (Wildman–Crippen LogP) is 0.239. The molecule has 6 nitrogen and oxygen atoms in total. The van der Waals surface area contributed by atoms with Gasteiger partial charge in [0.1, 0.15) is 6.54 Å². The van der Waals surface area contributed by atoms with Crippen LogP contribution >= 0.6 is 0 Å². The molecule has 0 atom stereocenters. The molecular weight excluding hydrogens is 270 g/mol. The summed E-state index contributed by atoms with van der Waals surface area (Å²) >= 11 is 0. The molecular formula is C15H17N3O3. The van der Waals surface area contributed by atoms with Crippen molar-refractivity contribution in [3.63, 3.8) is 0 Å². The molecule has 1 aromatic carbocycles. The number of carbonyl (C=O) groups excluding carboxylic acids is 1. The molecule has 1 amide bonds. The Bertz CT molecular complexity index is 677. The highest BCUT2D eigenvalue weighted by atomic mass is 16.3. The van der Waals surface area contributed by atoms with Gasteiger partial charge in [0.2, 0.25) is 5.91 Å². The van der Waals surface area contributed by atoms with E-state index in [1.807, 2.05) is 12.1 Å². The first-order valence-electron chi connectivity index (χ1n) is 6.50. The van der Waals surface area contributed by atoms with E-state index in [0.29, 0.717) is 12.2 Å². The molecule has 0 aliphatic heterocycles. The second kappa shape index (κ2) is 6.71. The van der Waals surface area contributed by atoms with E-state index in [1.165, 1.54) is 22.9 Å². The molecule has 2 aromatic rings. The van der Waals surface area contributed by atoms with E-state index >= 15 is 0 Å². The summed E-state index contributed by atoms with van der Waals surface area (Å²) < 4.78 is 1.26. The normalized spacial score (nSPS) is 10.3. The summed E-state index contributed by atoms with van der Waals surface area (Å²) in [6.07, 6.45) is 1.44. The van der Waals surface area contributed by atoms with Crippen molar-refractivity contribution in [3.05, 3.63) is 64.1 Å². The number of nitrogens with two attached hydrogens (primary N) is 1. The Hall–Kier alpha value is -2.60. The fourth-order valence-electron chi connectivity index (χ4n) is 1.85. The van der Waals surface area contributed by atoms with Gasteiger partial charge in [-0.2, -0.15) is 0 Å². The summed E-state index contributed by atoms with van der Waals surface area (Å²) in [6.45, 7) is 0.283. The van der Waals surface area contributed by atoms with Crippen molar-refractivity contribution in [1.29, 1.82) is 0 Å². The molecule has 1 aromatic heterocycles. The Morgan fingerprint density at radius 2 is 1.81 bits per heavy atom. The largest absolute Gasteiger partial charge is 0.398 e. The molecule has 1 heterocycles. The number of anilines is 1. The third kappa shape index (κ3) is 4.19. The minimum atomic E-state index is -0.272. The quantitative estimate of drug-likeness (QED) is 0.733. The Morgan fingerprint density at radius 1 is 1.14 bits per heavy atom.